The van der Waals surface area contributed by atoms with Gasteiger partial charge in [0.25, 0.3) is 0 Å². The van der Waals surface area contributed by atoms with Crippen LogP contribution in [0.3, 0.4) is 0 Å². The highest BCUT2D eigenvalue weighted by molar-refractivity contribution is 5.99. The van der Waals surface area contributed by atoms with E-state index in [1.165, 1.54) is 0 Å². The number of methoxy groups -OCH3 is 2. The van der Waals surface area contributed by atoms with E-state index in [2.05, 4.69) is 43.1 Å². The first kappa shape index (κ1) is 32.7. The van der Waals surface area contributed by atoms with Crippen LogP contribution in [0.15, 0.2) is 42.7 Å². The molecule has 5 N–H and O–H groups in total. The van der Waals surface area contributed by atoms with Crippen LogP contribution >= 0.6 is 0 Å². The summed E-state index contributed by atoms with van der Waals surface area (Å²) in [6.45, 7) is 4.71. The van der Waals surface area contributed by atoms with Gasteiger partial charge in [0.15, 0.2) is 11.5 Å². The summed E-state index contributed by atoms with van der Waals surface area (Å²) in [4.78, 5) is 18.9. The highest BCUT2D eigenvalue weighted by Gasteiger charge is 2.38. The van der Waals surface area contributed by atoms with E-state index in [0.29, 0.717) is 24.6 Å². The summed E-state index contributed by atoms with van der Waals surface area (Å²) in [5, 5.41) is 31.1. The lowest BCUT2D eigenvalue weighted by atomic mass is 10.1. The molecule has 0 unspecified atom stereocenters. The van der Waals surface area contributed by atoms with Crippen molar-refractivity contribution in [3.05, 3.63) is 42.7 Å². The first-order valence-electron chi connectivity index (χ1n) is 13.3. The van der Waals surface area contributed by atoms with E-state index < -0.39 is 12.1 Å². The number of H-pyrrole nitrogens is 1. The Labute approximate surface area is 240 Å². The third-order valence-electron chi connectivity index (χ3n) is 6.50. The van der Waals surface area contributed by atoms with Gasteiger partial charge in [-0.05, 0) is 43.8 Å². The largest absolute Gasteiger partial charge is 0.493 e. The second-order valence-electron chi connectivity index (χ2n) is 9.28. The van der Waals surface area contributed by atoms with Crippen LogP contribution in [0.5, 0.6) is 11.5 Å². The molecule has 0 aliphatic carbocycles. The zero-order valence-corrected chi connectivity index (χ0v) is 23.4. The molecule has 0 amide bonds. The van der Waals surface area contributed by atoms with Crippen molar-refractivity contribution in [2.75, 3.05) is 60.2 Å². The van der Waals surface area contributed by atoms with E-state index in [-0.39, 0.29) is 13.2 Å². The standard InChI is InChI=1S/C26H35N5O4.C2HF3O2/c1-34-24-16-20-21(22-15-19-5-3-7-28-26(19)29-22)18-31(23(20)17-25(24)35-2)10-8-27-6-4-9-30(11-13-32)12-14-33;3-2(4,5)1(6)7/h3,5,7,15-18,27,32-33H,4,6,8-14H2,1-2H3,(H,28,29);(H,6,7). The lowest BCUT2D eigenvalue weighted by Crippen LogP contribution is -2.32. The molecule has 42 heavy (non-hydrogen) atoms. The summed E-state index contributed by atoms with van der Waals surface area (Å²) >= 11 is 0. The highest BCUT2D eigenvalue weighted by Crippen LogP contribution is 2.38. The molecule has 0 spiro atoms. The minimum absolute atomic E-state index is 0.108. The van der Waals surface area contributed by atoms with Crippen LogP contribution < -0.4 is 14.8 Å². The van der Waals surface area contributed by atoms with Crippen molar-refractivity contribution in [1.29, 1.82) is 0 Å². The molecule has 4 rings (SSSR count). The van der Waals surface area contributed by atoms with Gasteiger partial charge >= 0.3 is 12.1 Å². The fraction of sp³-hybridized carbons (Fsp3) is 0.429. The van der Waals surface area contributed by atoms with Crippen molar-refractivity contribution < 1.29 is 42.8 Å². The number of carbonyl (C=O) groups is 1. The van der Waals surface area contributed by atoms with Gasteiger partial charge in [-0.15, -0.1) is 0 Å². The van der Waals surface area contributed by atoms with Crippen molar-refractivity contribution in [2.45, 2.75) is 19.1 Å². The fourth-order valence-corrected chi connectivity index (χ4v) is 4.49. The normalized spacial score (nSPS) is 11.6. The first-order chi connectivity index (χ1) is 20.1. The molecule has 0 fully saturated rings. The topological polar surface area (TPSA) is 145 Å². The lowest BCUT2D eigenvalue weighted by molar-refractivity contribution is -0.192. The summed E-state index contributed by atoms with van der Waals surface area (Å²) < 4.78 is 45.1. The minimum atomic E-state index is -5.08. The predicted molar refractivity (Wildman–Crippen MR) is 152 cm³/mol. The van der Waals surface area contributed by atoms with Crippen molar-refractivity contribution in [2.24, 2.45) is 0 Å². The van der Waals surface area contributed by atoms with Gasteiger partial charge in [-0.2, -0.15) is 13.2 Å². The van der Waals surface area contributed by atoms with Crippen molar-refractivity contribution >= 4 is 27.9 Å². The van der Waals surface area contributed by atoms with Crippen molar-refractivity contribution in [1.82, 2.24) is 24.8 Å². The third-order valence-corrected chi connectivity index (χ3v) is 6.50. The molecular weight excluding hydrogens is 559 g/mol. The molecule has 14 heteroatoms. The van der Waals surface area contributed by atoms with Gasteiger partial charge in [-0.1, -0.05) is 0 Å². The molecule has 1 aromatic carbocycles. The van der Waals surface area contributed by atoms with Crippen LogP contribution in [-0.2, 0) is 11.3 Å². The average Bonchev–Trinajstić information content (AvgIpc) is 3.55. The van der Waals surface area contributed by atoms with Gasteiger partial charge in [0.05, 0.1) is 33.0 Å². The number of alkyl halides is 3. The quantitative estimate of drug-likeness (QED) is 0.139. The molecule has 0 saturated carbocycles. The molecule has 4 aromatic rings. The molecule has 0 saturated heterocycles. The maximum atomic E-state index is 10.6. The van der Waals surface area contributed by atoms with Crippen LogP contribution in [0.1, 0.15) is 6.42 Å². The van der Waals surface area contributed by atoms with Gasteiger partial charge in [0, 0.05) is 66.7 Å². The Morgan fingerprint density at radius 2 is 1.74 bits per heavy atom. The minimum Gasteiger partial charge on any atom is -0.493 e. The van der Waals surface area contributed by atoms with Crippen LogP contribution in [0, 0.1) is 0 Å². The van der Waals surface area contributed by atoms with Crippen LogP contribution in [0.4, 0.5) is 13.2 Å². The lowest BCUT2D eigenvalue weighted by Gasteiger charge is -2.20. The molecule has 0 aliphatic heterocycles. The zero-order valence-electron chi connectivity index (χ0n) is 23.4. The molecule has 0 atom stereocenters. The Hall–Kier alpha value is -3.85. The third kappa shape index (κ3) is 8.58. The van der Waals surface area contributed by atoms with Gasteiger partial charge < -0.3 is 39.7 Å². The number of halogens is 3. The number of hydrogen-bond acceptors (Lipinski definition) is 8. The van der Waals surface area contributed by atoms with Gasteiger partial charge in [-0.25, -0.2) is 9.78 Å². The van der Waals surface area contributed by atoms with E-state index in [1.807, 2.05) is 18.2 Å². The van der Waals surface area contributed by atoms with E-state index in [0.717, 1.165) is 65.8 Å². The second kappa shape index (κ2) is 15.4. The molecule has 0 radical (unpaired) electrons. The van der Waals surface area contributed by atoms with Crippen molar-refractivity contribution in [3.63, 3.8) is 0 Å². The number of pyridine rings is 1. The Morgan fingerprint density at radius 1 is 1.07 bits per heavy atom. The number of carboxylic acids is 1. The van der Waals surface area contributed by atoms with Gasteiger partial charge in [0.1, 0.15) is 5.65 Å². The number of fused-ring (bicyclic) bond motifs is 2. The Kier molecular flexibility index (Phi) is 12.0. The average molecular weight is 596 g/mol. The van der Waals surface area contributed by atoms with Crippen molar-refractivity contribution in [3.8, 4) is 22.8 Å². The summed E-state index contributed by atoms with van der Waals surface area (Å²) in [5.74, 6) is -1.36. The van der Waals surface area contributed by atoms with E-state index in [4.69, 9.17) is 29.6 Å². The number of aliphatic hydroxyl groups excluding tert-OH is 2. The number of aromatic nitrogens is 3. The molecule has 11 nitrogen and oxygen atoms in total. The van der Waals surface area contributed by atoms with E-state index in [9.17, 15) is 13.2 Å². The van der Waals surface area contributed by atoms with Gasteiger partial charge in [-0.3, -0.25) is 4.90 Å². The van der Waals surface area contributed by atoms with Crippen LogP contribution in [0.25, 0.3) is 33.2 Å². The number of ether oxygens (including phenoxy) is 2. The summed E-state index contributed by atoms with van der Waals surface area (Å²) in [7, 11) is 3.30. The Balaban J connectivity index is 0.000000616. The molecule has 0 aliphatic rings. The summed E-state index contributed by atoms with van der Waals surface area (Å²) in [6, 6.07) is 10.2. The molecule has 3 aromatic heterocycles. The van der Waals surface area contributed by atoms with E-state index in [1.54, 1.807) is 20.4 Å². The Bertz CT molecular complexity index is 1400. The van der Waals surface area contributed by atoms with Crippen LogP contribution in [0.2, 0.25) is 0 Å². The number of aliphatic hydroxyl groups is 2. The molecule has 0 bridgehead atoms. The summed E-state index contributed by atoms with van der Waals surface area (Å²) in [5.41, 5.74) is 4.03. The number of aliphatic carboxylic acids is 1. The number of hydrogen-bond donors (Lipinski definition) is 5. The fourth-order valence-electron chi connectivity index (χ4n) is 4.49. The smallest absolute Gasteiger partial charge is 0.490 e. The first-order valence-corrected chi connectivity index (χ1v) is 13.3. The molecular formula is C28H36F3N5O6. The SMILES string of the molecule is COc1cc2c(-c3cc4cccnc4[nH]3)cn(CCNCCCN(CCO)CCO)c2cc1OC.O=C(O)C(F)(F)F. The number of nitrogens with one attached hydrogen (secondary N) is 2. The number of rotatable bonds is 14. The number of aromatic amines is 1. The Morgan fingerprint density at radius 3 is 2.33 bits per heavy atom. The molecule has 3 heterocycles. The predicted octanol–water partition coefficient (Wildman–Crippen LogP) is 3.10. The van der Waals surface area contributed by atoms with E-state index >= 15 is 0 Å². The maximum absolute atomic E-state index is 10.6. The monoisotopic (exact) mass is 595 g/mol. The number of benzene rings is 1. The maximum Gasteiger partial charge on any atom is 0.490 e. The highest BCUT2D eigenvalue weighted by atomic mass is 19.4. The second-order valence-corrected chi connectivity index (χ2v) is 9.28. The molecule has 230 valence electrons. The summed E-state index contributed by atoms with van der Waals surface area (Å²) in [6.07, 6.45) is -0.177. The van der Waals surface area contributed by atoms with Crippen LogP contribution in [-0.4, -0.2) is 107 Å². The van der Waals surface area contributed by atoms with Gasteiger partial charge in [0.2, 0.25) is 0 Å². The zero-order chi connectivity index (χ0) is 30.7. The number of nitrogens with zero attached hydrogens (tertiary/aromatic N) is 3. The number of carboxylic acid groups (broad SMARTS) is 1.